The lowest BCUT2D eigenvalue weighted by Crippen LogP contribution is -2.45. The van der Waals surface area contributed by atoms with Crippen LogP contribution in [0.5, 0.6) is 0 Å². The molecule has 0 radical (unpaired) electrons. The number of hydrogen-bond acceptors (Lipinski definition) is 4. The molecule has 2 aliphatic rings. The van der Waals surface area contributed by atoms with Gasteiger partial charge in [-0.05, 0) is 73.6 Å². The molecule has 40 heavy (non-hydrogen) atoms. The van der Waals surface area contributed by atoms with Crippen LogP contribution in [0.25, 0.3) is 10.9 Å². The number of ether oxygens (including phenoxy) is 1. The first-order valence-electron chi connectivity index (χ1n) is 13.2. The van der Waals surface area contributed by atoms with Gasteiger partial charge in [0.05, 0.1) is 34.7 Å². The minimum Gasteiger partial charge on any atom is -0.465 e. The minimum atomic E-state index is -1.16. The molecule has 6 rings (SSSR count). The fourth-order valence-electron chi connectivity index (χ4n) is 6.78. The van der Waals surface area contributed by atoms with Crippen molar-refractivity contribution in [2.45, 2.75) is 51.0 Å². The van der Waals surface area contributed by atoms with Gasteiger partial charge < -0.3 is 10.1 Å². The van der Waals surface area contributed by atoms with Gasteiger partial charge in [0, 0.05) is 27.7 Å². The second-order valence-electron chi connectivity index (χ2n) is 11.0. The molecule has 0 spiro atoms. The monoisotopic (exact) mass is 579 g/mol. The number of methoxy groups -OCH3 is 1. The highest BCUT2D eigenvalue weighted by Crippen LogP contribution is 2.56. The van der Waals surface area contributed by atoms with E-state index in [1.165, 1.54) is 13.2 Å². The van der Waals surface area contributed by atoms with Crippen LogP contribution in [-0.2, 0) is 21.4 Å². The van der Waals surface area contributed by atoms with Crippen molar-refractivity contribution in [1.82, 2.24) is 9.78 Å². The molecule has 1 aromatic heterocycles. The molecule has 2 aliphatic heterocycles. The predicted octanol–water partition coefficient (Wildman–Crippen LogP) is 7.39. The molecule has 206 valence electrons. The standard InChI is InChI=1S/C31H28Cl2FN3O3/c1-15-8-13-24-19-11-10-18(29(38)40-4)16(2)27(19)36-37(24)28(15)25(20-6-5-7-22(33)26(20)34)31(3)21-12-9-17(32)14-23(21)35-30(31)39/h5-7,9-12,14-15,25,28H,8,13H2,1-4H3,(H,35,39)/t15-,25-,28+,31-/m0/s1. The predicted molar refractivity (Wildman–Crippen MR) is 154 cm³/mol. The van der Waals surface area contributed by atoms with E-state index in [0.29, 0.717) is 32.9 Å². The summed E-state index contributed by atoms with van der Waals surface area (Å²) in [6, 6.07) is 13.5. The van der Waals surface area contributed by atoms with Gasteiger partial charge in [-0.3, -0.25) is 9.48 Å². The van der Waals surface area contributed by atoms with Crippen molar-refractivity contribution in [3.8, 4) is 0 Å². The molecule has 0 fully saturated rings. The van der Waals surface area contributed by atoms with Gasteiger partial charge in [0.1, 0.15) is 5.82 Å². The zero-order valence-corrected chi connectivity index (χ0v) is 24.0. The molecular formula is C31H28Cl2FN3O3. The van der Waals surface area contributed by atoms with Crippen LogP contribution < -0.4 is 5.32 Å². The van der Waals surface area contributed by atoms with Gasteiger partial charge in [0.15, 0.2) is 0 Å². The Kier molecular flexibility index (Phi) is 6.43. The molecule has 9 heteroatoms. The lowest BCUT2D eigenvalue weighted by atomic mass is 9.63. The van der Waals surface area contributed by atoms with E-state index in [1.807, 2.05) is 30.7 Å². The van der Waals surface area contributed by atoms with Crippen LogP contribution in [0.2, 0.25) is 10.0 Å². The molecule has 0 aliphatic carbocycles. The first-order valence-corrected chi connectivity index (χ1v) is 14.0. The highest BCUT2D eigenvalue weighted by atomic mass is 35.5. The maximum absolute atomic E-state index is 16.0. The Morgan fingerprint density at radius 1 is 1.23 bits per heavy atom. The molecule has 4 aromatic rings. The molecule has 0 unspecified atom stereocenters. The molecule has 0 bridgehead atoms. The fraction of sp³-hybridized carbons (Fsp3) is 0.323. The van der Waals surface area contributed by atoms with E-state index in [2.05, 4.69) is 12.2 Å². The van der Waals surface area contributed by atoms with Crippen LogP contribution in [-0.4, -0.2) is 28.8 Å². The lowest BCUT2D eigenvalue weighted by molar-refractivity contribution is -0.121. The summed E-state index contributed by atoms with van der Waals surface area (Å²) in [5.74, 6) is -1.86. The Morgan fingerprint density at radius 2 is 2.00 bits per heavy atom. The normalized spacial score (nSPS) is 22.5. The second-order valence-corrected chi connectivity index (χ2v) is 11.8. The van der Waals surface area contributed by atoms with Crippen molar-refractivity contribution >= 4 is 51.7 Å². The van der Waals surface area contributed by atoms with Crippen molar-refractivity contribution in [2.75, 3.05) is 12.4 Å². The molecule has 6 nitrogen and oxygen atoms in total. The quantitative estimate of drug-likeness (QED) is 0.256. The molecule has 3 aromatic carbocycles. The van der Waals surface area contributed by atoms with Crippen molar-refractivity contribution < 1.29 is 18.7 Å². The number of carbonyl (C=O) groups excluding carboxylic acids is 2. The van der Waals surface area contributed by atoms with Crippen LogP contribution in [0.4, 0.5) is 10.1 Å². The average molecular weight is 580 g/mol. The van der Waals surface area contributed by atoms with Gasteiger partial charge in [0.25, 0.3) is 0 Å². The topological polar surface area (TPSA) is 73.2 Å². The lowest BCUT2D eigenvalue weighted by Gasteiger charge is -2.43. The summed E-state index contributed by atoms with van der Waals surface area (Å²) >= 11 is 12.6. The summed E-state index contributed by atoms with van der Waals surface area (Å²) in [4.78, 5) is 26.4. The van der Waals surface area contributed by atoms with E-state index >= 15 is 4.39 Å². The first kappa shape index (κ1) is 26.8. The summed E-state index contributed by atoms with van der Waals surface area (Å²) < 4.78 is 22.9. The van der Waals surface area contributed by atoms with Crippen LogP contribution in [0.3, 0.4) is 0 Å². The molecule has 1 amide bonds. The number of rotatable bonds is 4. The smallest absolute Gasteiger partial charge is 0.338 e. The van der Waals surface area contributed by atoms with Crippen molar-refractivity contribution in [3.05, 3.63) is 92.3 Å². The van der Waals surface area contributed by atoms with Gasteiger partial charge in [-0.1, -0.05) is 54.4 Å². The summed E-state index contributed by atoms with van der Waals surface area (Å²) in [5.41, 5.74) is 3.38. The molecule has 4 atom stereocenters. The van der Waals surface area contributed by atoms with Crippen molar-refractivity contribution in [2.24, 2.45) is 5.92 Å². The van der Waals surface area contributed by atoms with Crippen LogP contribution in [0.15, 0.2) is 48.5 Å². The highest BCUT2D eigenvalue weighted by Gasteiger charge is 2.55. The van der Waals surface area contributed by atoms with Crippen LogP contribution in [0, 0.1) is 18.7 Å². The number of nitrogens with one attached hydrogen (secondary N) is 1. The fourth-order valence-corrected chi connectivity index (χ4v) is 7.13. The number of carbonyl (C=O) groups is 2. The first-order chi connectivity index (χ1) is 19.1. The molecule has 1 N–H and O–H groups in total. The molecular weight excluding hydrogens is 552 g/mol. The number of aryl methyl sites for hydroxylation is 2. The number of halogens is 3. The number of anilines is 1. The van der Waals surface area contributed by atoms with E-state index in [1.54, 1.807) is 30.3 Å². The van der Waals surface area contributed by atoms with Gasteiger partial charge in [-0.25, -0.2) is 9.18 Å². The van der Waals surface area contributed by atoms with Gasteiger partial charge >= 0.3 is 5.97 Å². The SMILES string of the molecule is COC(=O)c1ccc2c3n(nc2c1C)[C@@H]([C@H](c1cccc(Cl)c1F)[C@@]1(C)C(=O)Nc2cc(Cl)ccc21)[C@@H](C)CC3. The largest absolute Gasteiger partial charge is 0.465 e. The summed E-state index contributed by atoms with van der Waals surface area (Å²) in [6.07, 6.45) is 1.57. The number of nitrogens with zero attached hydrogens (tertiary/aromatic N) is 2. The Labute approximate surface area is 241 Å². The molecule has 3 heterocycles. The van der Waals surface area contributed by atoms with Gasteiger partial charge in [-0.2, -0.15) is 5.10 Å². The summed E-state index contributed by atoms with van der Waals surface area (Å²) in [6.45, 7) is 5.82. The third kappa shape index (κ3) is 3.78. The van der Waals surface area contributed by atoms with Gasteiger partial charge in [-0.15, -0.1) is 0 Å². The Bertz CT molecular complexity index is 1720. The average Bonchev–Trinajstić information content (AvgIpc) is 3.42. The Hall–Kier alpha value is -3.42. The molecule has 0 saturated heterocycles. The zero-order valence-electron chi connectivity index (χ0n) is 22.5. The Balaban J connectivity index is 1.64. The van der Waals surface area contributed by atoms with Crippen molar-refractivity contribution in [1.29, 1.82) is 0 Å². The van der Waals surface area contributed by atoms with Crippen molar-refractivity contribution in [3.63, 3.8) is 0 Å². The van der Waals surface area contributed by atoms with E-state index in [-0.39, 0.29) is 16.8 Å². The third-order valence-electron chi connectivity index (χ3n) is 8.87. The number of fused-ring (bicyclic) bond motifs is 4. The zero-order chi connectivity index (χ0) is 28.5. The van der Waals surface area contributed by atoms with E-state index < -0.39 is 29.2 Å². The number of esters is 1. The second kappa shape index (κ2) is 9.60. The number of aromatic nitrogens is 2. The minimum absolute atomic E-state index is 0.00582. The maximum atomic E-state index is 16.0. The van der Waals surface area contributed by atoms with Gasteiger partial charge in [0.2, 0.25) is 5.91 Å². The van der Waals surface area contributed by atoms with E-state index in [4.69, 9.17) is 33.0 Å². The summed E-state index contributed by atoms with van der Waals surface area (Å²) in [7, 11) is 1.35. The highest BCUT2D eigenvalue weighted by molar-refractivity contribution is 6.31. The molecule has 0 saturated carbocycles. The van der Waals surface area contributed by atoms with E-state index in [0.717, 1.165) is 29.5 Å². The number of amides is 1. The Morgan fingerprint density at radius 3 is 2.75 bits per heavy atom. The van der Waals surface area contributed by atoms with Crippen LogP contribution in [0.1, 0.15) is 65.0 Å². The number of benzene rings is 3. The maximum Gasteiger partial charge on any atom is 0.338 e. The van der Waals surface area contributed by atoms with E-state index in [9.17, 15) is 9.59 Å². The van der Waals surface area contributed by atoms with Crippen LogP contribution >= 0.6 is 23.2 Å². The third-order valence-corrected chi connectivity index (χ3v) is 9.40. The number of hydrogen-bond donors (Lipinski definition) is 1. The summed E-state index contributed by atoms with van der Waals surface area (Å²) in [5, 5.41) is 9.47.